The summed E-state index contributed by atoms with van der Waals surface area (Å²) in [7, 11) is 0. The van der Waals surface area contributed by atoms with Crippen molar-refractivity contribution in [3.63, 3.8) is 0 Å². The van der Waals surface area contributed by atoms with E-state index in [1.807, 2.05) is 62.4 Å². The quantitative estimate of drug-likeness (QED) is 0.760. The highest BCUT2D eigenvalue weighted by Gasteiger charge is 2.33. The molecular weight excluding hydrogens is 238 g/mol. The summed E-state index contributed by atoms with van der Waals surface area (Å²) in [4.78, 5) is 11.7. The van der Waals surface area contributed by atoms with Gasteiger partial charge in [-0.2, -0.15) is 5.26 Å². The molecule has 0 unspecified atom stereocenters. The van der Waals surface area contributed by atoms with Crippen LogP contribution in [0, 0.1) is 11.3 Å². The van der Waals surface area contributed by atoms with E-state index in [0.717, 1.165) is 11.1 Å². The lowest BCUT2D eigenvalue weighted by Gasteiger charge is -2.30. The predicted molar refractivity (Wildman–Crippen MR) is 72.9 cm³/mol. The SMILES string of the molecule is CC1(C)CC(/C=C/c2ccccc2)=C(C#N)C(=O)O1. The van der Waals surface area contributed by atoms with Gasteiger partial charge in [-0.25, -0.2) is 4.79 Å². The number of hydrogen-bond donors (Lipinski definition) is 0. The second kappa shape index (κ2) is 5.11. The van der Waals surface area contributed by atoms with Gasteiger partial charge in [0.2, 0.25) is 0 Å². The molecule has 0 atom stereocenters. The molecular formula is C16H15NO2. The number of ether oxygens (including phenoxy) is 1. The van der Waals surface area contributed by atoms with E-state index in [-0.39, 0.29) is 5.57 Å². The molecule has 3 nitrogen and oxygen atoms in total. The van der Waals surface area contributed by atoms with Crippen molar-refractivity contribution >= 4 is 12.0 Å². The number of carbonyl (C=O) groups is 1. The lowest BCUT2D eigenvalue weighted by atomic mass is 9.91. The Morgan fingerprint density at radius 3 is 2.58 bits per heavy atom. The lowest BCUT2D eigenvalue weighted by molar-refractivity contribution is -0.152. The van der Waals surface area contributed by atoms with E-state index in [0.29, 0.717) is 6.42 Å². The number of esters is 1. The average molecular weight is 253 g/mol. The number of carbonyl (C=O) groups excluding carboxylic acids is 1. The van der Waals surface area contributed by atoms with Gasteiger partial charge in [0.1, 0.15) is 17.2 Å². The van der Waals surface area contributed by atoms with E-state index in [4.69, 9.17) is 10.00 Å². The van der Waals surface area contributed by atoms with Gasteiger partial charge in [-0.05, 0) is 25.0 Å². The zero-order chi connectivity index (χ0) is 13.9. The molecule has 0 fully saturated rings. The summed E-state index contributed by atoms with van der Waals surface area (Å²) in [6.45, 7) is 3.69. The van der Waals surface area contributed by atoms with Crippen molar-refractivity contribution in [1.29, 1.82) is 5.26 Å². The third-order valence-electron chi connectivity index (χ3n) is 2.90. The molecule has 1 aromatic rings. The summed E-state index contributed by atoms with van der Waals surface area (Å²) in [5.74, 6) is -0.536. The molecule has 0 amide bonds. The molecule has 96 valence electrons. The number of nitriles is 1. The van der Waals surface area contributed by atoms with Crippen LogP contribution in [0.3, 0.4) is 0 Å². The largest absolute Gasteiger partial charge is 0.455 e. The van der Waals surface area contributed by atoms with Crippen LogP contribution in [-0.4, -0.2) is 11.6 Å². The number of cyclic esters (lactones) is 1. The van der Waals surface area contributed by atoms with Crippen molar-refractivity contribution in [2.45, 2.75) is 25.9 Å². The van der Waals surface area contributed by atoms with E-state index < -0.39 is 11.6 Å². The standard InChI is InChI=1S/C16H15NO2/c1-16(2)10-13(14(11-17)15(18)19-16)9-8-12-6-4-3-5-7-12/h3-9H,10H2,1-2H3/b9-8+. The van der Waals surface area contributed by atoms with Crippen LogP contribution in [0.2, 0.25) is 0 Å². The summed E-state index contributed by atoms with van der Waals surface area (Å²) in [6, 6.07) is 11.7. The predicted octanol–water partition coefficient (Wildman–Crippen LogP) is 3.25. The molecule has 1 aliphatic rings. The zero-order valence-corrected chi connectivity index (χ0v) is 11.0. The van der Waals surface area contributed by atoms with Gasteiger partial charge in [0.15, 0.2) is 0 Å². The summed E-state index contributed by atoms with van der Waals surface area (Å²) >= 11 is 0. The second-order valence-electron chi connectivity index (χ2n) is 5.08. The van der Waals surface area contributed by atoms with Crippen molar-refractivity contribution < 1.29 is 9.53 Å². The molecule has 0 spiro atoms. The number of benzene rings is 1. The summed E-state index contributed by atoms with van der Waals surface area (Å²) in [6.07, 6.45) is 4.28. The Balaban J connectivity index is 2.33. The van der Waals surface area contributed by atoms with Crippen LogP contribution >= 0.6 is 0 Å². The first-order valence-electron chi connectivity index (χ1n) is 6.11. The van der Waals surface area contributed by atoms with Gasteiger partial charge in [-0.3, -0.25) is 0 Å². The van der Waals surface area contributed by atoms with Gasteiger partial charge in [0.05, 0.1) is 0 Å². The van der Waals surface area contributed by atoms with Crippen LogP contribution in [-0.2, 0) is 9.53 Å². The molecule has 0 aromatic heterocycles. The highest BCUT2D eigenvalue weighted by Crippen LogP contribution is 2.30. The Labute approximate surface area is 112 Å². The molecule has 0 aliphatic carbocycles. The molecule has 3 heteroatoms. The first-order valence-corrected chi connectivity index (χ1v) is 6.11. The molecule has 2 rings (SSSR count). The third kappa shape index (κ3) is 3.11. The number of allylic oxidation sites excluding steroid dienone is 1. The van der Waals surface area contributed by atoms with Crippen LogP contribution in [0.4, 0.5) is 0 Å². The molecule has 0 saturated carbocycles. The maximum absolute atomic E-state index is 11.7. The van der Waals surface area contributed by atoms with Gasteiger partial charge in [-0.15, -0.1) is 0 Å². The monoisotopic (exact) mass is 253 g/mol. The second-order valence-corrected chi connectivity index (χ2v) is 5.08. The van der Waals surface area contributed by atoms with Crippen molar-refractivity contribution in [2.75, 3.05) is 0 Å². The fraction of sp³-hybridized carbons (Fsp3) is 0.250. The number of nitrogens with zero attached hydrogens (tertiary/aromatic N) is 1. The van der Waals surface area contributed by atoms with Gasteiger partial charge < -0.3 is 4.74 Å². The van der Waals surface area contributed by atoms with E-state index in [1.54, 1.807) is 0 Å². The minimum absolute atomic E-state index is 0.103. The molecule has 19 heavy (non-hydrogen) atoms. The van der Waals surface area contributed by atoms with Crippen molar-refractivity contribution in [3.8, 4) is 6.07 Å². The van der Waals surface area contributed by atoms with Crippen LogP contribution in [0.1, 0.15) is 25.8 Å². The molecule has 0 saturated heterocycles. The van der Waals surface area contributed by atoms with Gasteiger partial charge >= 0.3 is 5.97 Å². The zero-order valence-electron chi connectivity index (χ0n) is 11.0. The average Bonchev–Trinajstić information content (AvgIpc) is 2.36. The van der Waals surface area contributed by atoms with E-state index in [9.17, 15) is 4.79 Å². The maximum Gasteiger partial charge on any atom is 0.349 e. The van der Waals surface area contributed by atoms with Crippen molar-refractivity contribution in [2.24, 2.45) is 0 Å². The van der Waals surface area contributed by atoms with Gasteiger partial charge in [0, 0.05) is 6.42 Å². The summed E-state index contributed by atoms with van der Waals surface area (Å²) in [5.41, 5.74) is 1.30. The summed E-state index contributed by atoms with van der Waals surface area (Å²) < 4.78 is 5.21. The topological polar surface area (TPSA) is 50.1 Å². The van der Waals surface area contributed by atoms with Crippen molar-refractivity contribution in [1.82, 2.24) is 0 Å². The number of rotatable bonds is 2. The molecule has 1 heterocycles. The lowest BCUT2D eigenvalue weighted by Crippen LogP contribution is -2.33. The fourth-order valence-corrected chi connectivity index (χ4v) is 2.04. The fourth-order valence-electron chi connectivity index (χ4n) is 2.04. The van der Waals surface area contributed by atoms with Crippen LogP contribution in [0.15, 0.2) is 47.6 Å². The van der Waals surface area contributed by atoms with Gasteiger partial charge in [-0.1, -0.05) is 42.5 Å². The highest BCUT2D eigenvalue weighted by molar-refractivity contribution is 5.95. The Bertz CT molecular complexity index is 589. The van der Waals surface area contributed by atoms with Crippen LogP contribution < -0.4 is 0 Å². The molecule has 1 aromatic carbocycles. The molecule has 1 aliphatic heterocycles. The van der Waals surface area contributed by atoms with Crippen molar-refractivity contribution in [3.05, 3.63) is 53.1 Å². The number of hydrogen-bond acceptors (Lipinski definition) is 3. The van der Waals surface area contributed by atoms with Crippen LogP contribution in [0.25, 0.3) is 6.08 Å². The molecule has 0 bridgehead atoms. The third-order valence-corrected chi connectivity index (χ3v) is 2.90. The summed E-state index contributed by atoms with van der Waals surface area (Å²) in [5, 5.41) is 9.06. The highest BCUT2D eigenvalue weighted by atomic mass is 16.6. The molecule has 0 N–H and O–H groups in total. The first-order chi connectivity index (χ1) is 9.02. The first kappa shape index (κ1) is 13.1. The van der Waals surface area contributed by atoms with E-state index >= 15 is 0 Å². The minimum atomic E-state index is -0.562. The Morgan fingerprint density at radius 1 is 1.26 bits per heavy atom. The van der Waals surface area contributed by atoms with Gasteiger partial charge in [0.25, 0.3) is 0 Å². The van der Waals surface area contributed by atoms with Crippen LogP contribution in [0.5, 0.6) is 0 Å². The van der Waals surface area contributed by atoms with E-state index in [1.165, 1.54) is 0 Å². The minimum Gasteiger partial charge on any atom is -0.455 e. The smallest absolute Gasteiger partial charge is 0.349 e. The van der Waals surface area contributed by atoms with E-state index in [2.05, 4.69) is 0 Å². The Hall–Kier alpha value is -2.34. The normalized spacial score (nSPS) is 18.3. The Kier molecular flexibility index (Phi) is 3.52. The molecule has 0 radical (unpaired) electrons. The maximum atomic E-state index is 11.7. The Morgan fingerprint density at radius 2 is 1.95 bits per heavy atom.